The number of carbonyl (C=O) groups excluding carboxylic acids is 4. The van der Waals surface area contributed by atoms with E-state index in [0.29, 0.717) is 5.56 Å². The van der Waals surface area contributed by atoms with E-state index >= 15 is 0 Å². The first-order valence-corrected chi connectivity index (χ1v) is 13.9. The van der Waals surface area contributed by atoms with Crippen molar-refractivity contribution in [2.24, 2.45) is 5.73 Å². The Hall–Kier alpha value is -5.31. The van der Waals surface area contributed by atoms with Crippen LogP contribution in [0, 0.1) is 11.3 Å². The van der Waals surface area contributed by atoms with Gasteiger partial charge in [0.1, 0.15) is 17.1 Å². The van der Waals surface area contributed by atoms with Crippen LogP contribution in [0.15, 0.2) is 77.3 Å². The SMILES string of the molecule is COC(=O)C1=C(C(=O)OC)N(c2ccccc2C(=O)N2CCN(C(=O)OC(C)(C)C)CC2)C(N)=C(C#N)C1c1ccccc1. The molecule has 2 aromatic carbocycles. The second-order valence-corrected chi connectivity index (χ2v) is 11.1. The minimum Gasteiger partial charge on any atom is -0.466 e. The molecule has 2 heterocycles. The number of amides is 2. The second-order valence-electron chi connectivity index (χ2n) is 11.1. The number of ether oxygens (including phenoxy) is 3. The number of nitrogens with zero attached hydrogens (tertiary/aromatic N) is 4. The van der Waals surface area contributed by atoms with Crippen LogP contribution in [0.4, 0.5) is 10.5 Å². The third-order valence-corrected chi connectivity index (χ3v) is 7.20. The van der Waals surface area contributed by atoms with Gasteiger partial charge in [0.05, 0.1) is 48.6 Å². The van der Waals surface area contributed by atoms with Gasteiger partial charge in [0.15, 0.2) is 0 Å². The molecule has 2 aliphatic rings. The molecule has 0 aliphatic carbocycles. The van der Waals surface area contributed by atoms with Crippen LogP contribution in [0.2, 0.25) is 0 Å². The number of para-hydroxylation sites is 1. The number of piperazine rings is 1. The van der Waals surface area contributed by atoms with Crippen LogP contribution in [0.3, 0.4) is 0 Å². The van der Waals surface area contributed by atoms with E-state index in [2.05, 4.69) is 6.07 Å². The summed E-state index contributed by atoms with van der Waals surface area (Å²) in [7, 11) is 2.32. The van der Waals surface area contributed by atoms with Crippen LogP contribution in [-0.2, 0) is 23.8 Å². The number of nitrogens with two attached hydrogens (primary N) is 1. The second kappa shape index (κ2) is 12.9. The van der Waals surface area contributed by atoms with Gasteiger partial charge in [-0.15, -0.1) is 0 Å². The van der Waals surface area contributed by atoms with Crippen LogP contribution in [0.5, 0.6) is 0 Å². The van der Waals surface area contributed by atoms with Crippen molar-refractivity contribution in [3.05, 3.63) is 88.4 Å². The highest BCUT2D eigenvalue weighted by Crippen LogP contribution is 2.44. The molecule has 0 spiro atoms. The normalized spacial score (nSPS) is 17.2. The predicted octanol–water partition coefficient (Wildman–Crippen LogP) is 3.28. The summed E-state index contributed by atoms with van der Waals surface area (Å²) in [5.41, 5.74) is 6.37. The Morgan fingerprint density at radius 1 is 0.864 bits per heavy atom. The van der Waals surface area contributed by atoms with Crippen molar-refractivity contribution in [2.75, 3.05) is 45.3 Å². The first-order valence-electron chi connectivity index (χ1n) is 13.9. The Bertz CT molecular complexity index is 1560. The van der Waals surface area contributed by atoms with E-state index in [0.717, 1.165) is 7.11 Å². The number of nitriles is 1. The number of anilines is 1. The Kier molecular flexibility index (Phi) is 9.28. The van der Waals surface area contributed by atoms with Gasteiger partial charge in [-0.05, 0) is 38.5 Å². The topological polar surface area (TPSA) is 156 Å². The Morgan fingerprint density at radius 2 is 1.43 bits per heavy atom. The fourth-order valence-corrected chi connectivity index (χ4v) is 5.20. The third-order valence-electron chi connectivity index (χ3n) is 7.20. The number of benzene rings is 2. The molecule has 2 amide bonds. The van der Waals surface area contributed by atoms with Gasteiger partial charge in [-0.25, -0.2) is 14.4 Å². The van der Waals surface area contributed by atoms with E-state index in [1.165, 1.54) is 16.9 Å². The highest BCUT2D eigenvalue weighted by atomic mass is 16.6. The maximum Gasteiger partial charge on any atom is 0.410 e. The average molecular weight is 602 g/mol. The average Bonchev–Trinajstić information content (AvgIpc) is 3.02. The van der Waals surface area contributed by atoms with E-state index in [-0.39, 0.29) is 60.1 Å². The minimum atomic E-state index is -1.04. The van der Waals surface area contributed by atoms with Crippen LogP contribution < -0.4 is 10.6 Å². The first kappa shape index (κ1) is 31.6. The van der Waals surface area contributed by atoms with Crippen molar-refractivity contribution >= 4 is 29.6 Å². The summed E-state index contributed by atoms with van der Waals surface area (Å²) in [5.74, 6) is -3.37. The standard InChI is InChI=1S/C32H35N5O7/c1-32(2,3)44-31(41)36-17-15-35(16-18-36)28(38)21-13-9-10-14-23(21)37-26(30(40)43-5)25(29(39)42-4)24(22(19-33)27(37)34)20-11-7-6-8-12-20/h6-14,24H,15-18,34H2,1-5H3. The van der Waals surface area contributed by atoms with E-state index < -0.39 is 35.5 Å². The molecule has 12 nitrogen and oxygen atoms in total. The third kappa shape index (κ3) is 6.22. The van der Waals surface area contributed by atoms with Gasteiger partial charge in [-0.3, -0.25) is 9.69 Å². The summed E-state index contributed by atoms with van der Waals surface area (Å²) in [6.07, 6.45) is -0.462. The van der Waals surface area contributed by atoms with E-state index in [1.807, 2.05) is 0 Å². The smallest absolute Gasteiger partial charge is 0.410 e. The van der Waals surface area contributed by atoms with Crippen molar-refractivity contribution in [3.63, 3.8) is 0 Å². The molecule has 1 unspecified atom stereocenters. The number of allylic oxidation sites excluding steroid dienone is 1. The maximum atomic E-state index is 13.9. The predicted molar refractivity (Wildman–Crippen MR) is 160 cm³/mol. The fourth-order valence-electron chi connectivity index (χ4n) is 5.20. The van der Waals surface area contributed by atoms with Crippen molar-refractivity contribution in [3.8, 4) is 6.07 Å². The number of hydrogen-bond acceptors (Lipinski definition) is 10. The summed E-state index contributed by atoms with van der Waals surface area (Å²) in [4.78, 5) is 57.6. The van der Waals surface area contributed by atoms with Crippen LogP contribution in [-0.4, -0.2) is 79.7 Å². The number of carbonyl (C=O) groups is 4. The largest absolute Gasteiger partial charge is 0.466 e. The molecular weight excluding hydrogens is 566 g/mol. The maximum absolute atomic E-state index is 13.9. The summed E-state index contributed by atoms with van der Waals surface area (Å²) in [6.45, 7) is 6.31. The van der Waals surface area contributed by atoms with Crippen molar-refractivity contribution in [1.29, 1.82) is 5.26 Å². The number of hydrogen-bond donors (Lipinski definition) is 1. The zero-order valence-electron chi connectivity index (χ0n) is 25.3. The molecule has 0 aromatic heterocycles. The number of rotatable bonds is 5. The Labute approximate surface area is 255 Å². The highest BCUT2D eigenvalue weighted by Gasteiger charge is 2.44. The van der Waals surface area contributed by atoms with Crippen molar-refractivity contribution in [2.45, 2.75) is 32.3 Å². The van der Waals surface area contributed by atoms with E-state index in [9.17, 15) is 24.4 Å². The minimum absolute atomic E-state index is 0.0162. The van der Waals surface area contributed by atoms with Crippen molar-refractivity contribution < 1.29 is 33.4 Å². The fraction of sp³-hybridized carbons (Fsp3) is 0.344. The summed E-state index contributed by atoms with van der Waals surface area (Å²) >= 11 is 0. The molecule has 1 atom stereocenters. The molecule has 2 aliphatic heterocycles. The van der Waals surface area contributed by atoms with Gasteiger partial charge in [0.2, 0.25) is 0 Å². The lowest BCUT2D eigenvalue weighted by Gasteiger charge is -2.38. The molecular formula is C32H35N5O7. The number of esters is 2. The molecule has 2 aromatic rings. The zero-order valence-corrected chi connectivity index (χ0v) is 25.3. The lowest BCUT2D eigenvalue weighted by atomic mass is 9.80. The summed E-state index contributed by atoms with van der Waals surface area (Å²) in [5, 5.41) is 10.3. The number of methoxy groups -OCH3 is 2. The molecule has 12 heteroatoms. The molecule has 0 radical (unpaired) electrons. The van der Waals surface area contributed by atoms with Gasteiger partial charge >= 0.3 is 18.0 Å². The zero-order chi connectivity index (χ0) is 32.2. The van der Waals surface area contributed by atoms with Gasteiger partial charge in [-0.2, -0.15) is 5.26 Å². The van der Waals surface area contributed by atoms with E-state index in [4.69, 9.17) is 19.9 Å². The molecule has 230 valence electrons. The molecule has 4 rings (SSSR count). The quantitative estimate of drug-likeness (QED) is 0.399. The monoisotopic (exact) mass is 601 g/mol. The Balaban J connectivity index is 1.80. The molecule has 1 saturated heterocycles. The van der Waals surface area contributed by atoms with E-state index in [1.54, 1.807) is 80.3 Å². The summed E-state index contributed by atoms with van der Waals surface area (Å²) in [6, 6.07) is 17.2. The Morgan fingerprint density at radius 3 is 2.00 bits per heavy atom. The van der Waals surface area contributed by atoms with Gasteiger partial charge in [0, 0.05) is 26.2 Å². The first-order chi connectivity index (χ1) is 20.9. The molecule has 0 bridgehead atoms. The molecule has 1 fully saturated rings. The summed E-state index contributed by atoms with van der Waals surface area (Å²) < 4.78 is 15.6. The van der Waals surface area contributed by atoms with Crippen LogP contribution in [0.1, 0.15) is 42.6 Å². The van der Waals surface area contributed by atoms with Crippen molar-refractivity contribution in [1.82, 2.24) is 9.80 Å². The van der Waals surface area contributed by atoms with Gasteiger partial charge in [0.25, 0.3) is 5.91 Å². The molecule has 44 heavy (non-hydrogen) atoms. The van der Waals surface area contributed by atoms with Crippen LogP contribution in [0.25, 0.3) is 0 Å². The van der Waals surface area contributed by atoms with Gasteiger partial charge < -0.3 is 29.7 Å². The lowest BCUT2D eigenvalue weighted by molar-refractivity contribution is -0.139. The lowest BCUT2D eigenvalue weighted by Crippen LogP contribution is -2.51. The van der Waals surface area contributed by atoms with Gasteiger partial charge in [-0.1, -0.05) is 42.5 Å². The van der Waals surface area contributed by atoms with Crippen LogP contribution >= 0.6 is 0 Å². The molecule has 2 N–H and O–H groups in total. The highest BCUT2D eigenvalue weighted by molar-refractivity contribution is 6.08. The molecule has 0 saturated carbocycles.